The molecule has 0 spiro atoms. The van der Waals surface area contributed by atoms with Crippen molar-refractivity contribution in [3.05, 3.63) is 64.6 Å². The summed E-state index contributed by atoms with van der Waals surface area (Å²) in [5.41, 5.74) is 0.820. The van der Waals surface area contributed by atoms with Gasteiger partial charge in [0.05, 0.1) is 30.5 Å². The second-order valence-corrected chi connectivity index (χ2v) is 7.47. The van der Waals surface area contributed by atoms with E-state index in [4.69, 9.17) is 14.0 Å². The van der Waals surface area contributed by atoms with Gasteiger partial charge in [0.25, 0.3) is 0 Å². The van der Waals surface area contributed by atoms with Crippen molar-refractivity contribution in [1.82, 2.24) is 0 Å². The third-order valence-corrected chi connectivity index (χ3v) is 5.90. The minimum absolute atomic E-state index is 0.0869. The monoisotopic (exact) mass is 400 g/mol. The number of hydroxylamine groups is 1. The minimum atomic E-state index is -0.710. The maximum atomic E-state index is 12.5. The van der Waals surface area contributed by atoms with Crippen LogP contribution in [0.15, 0.2) is 53.1 Å². The second kappa shape index (κ2) is 8.24. The molecule has 1 aromatic carbocycles. The van der Waals surface area contributed by atoms with E-state index in [0.717, 1.165) is 18.5 Å². The van der Waals surface area contributed by atoms with Crippen LogP contribution in [0.25, 0.3) is 0 Å². The molecule has 0 bridgehead atoms. The Labute approximate surface area is 168 Å². The van der Waals surface area contributed by atoms with E-state index in [0.29, 0.717) is 5.76 Å². The number of hydrogen-bond donors (Lipinski definition) is 0. The van der Waals surface area contributed by atoms with Crippen LogP contribution >= 0.6 is 0 Å². The van der Waals surface area contributed by atoms with Crippen LogP contribution in [0.5, 0.6) is 0 Å². The third-order valence-electron chi connectivity index (χ3n) is 5.90. The highest BCUT2D eigenvalue weighted by molar-refractivity contribution is 5.76. The molecular weight excluding hydrogens is 376 g/mol. The Morgan fingerprint density at radius 3 is 2.72 bits per heavy atom. The number of carbonyl (C=O) groups excluding carboxylic acids is 1. The van der Waals surface area contributed by atoms with E-state index >= 15 is 0 Å². The van der Waals surface area contributed by atoms with Crippen molar-refractivity contribution in [3.8, 4) is 0 Å². The Kier molecular flexibility index (Phi) is 5.53. The largest absolute Gasteiger partial charge is 0.469 e. The zero-order chi connectivity index (χ0) is 20.4. The van der Waals surface area contributed by atoms with Crippen LogP contribution in [0.4, 0.5) is 5.69 Å². The molecule has 0 unspecified atom stereocenters. The normalized spacial score (nSPS) is 26.9. The Balaban J connectivity index is 1.69. The molecule has 2 aromatic rings. The summed E-state index contributed by atoms with van der Waals surface area (Å²) in [7, 11) is 0. The number of anilines is 1. The average molecular weight is 400 g/mol. The van der Waals surface area contributed by atoms with Crippen molar-refractivity contribution in [3.63, 3.8) is 0 Å². The summed E-state index contributed by atoms with van der Waals surface area (Å²) in [6.45, 7) is 1.82. The standard InChI is InChI=1S/C21H24N2O6/c1-2-27-21(24)20-16-11-10-15(17(13-22(25)26)18-9-6-12-28-18)19(16)23(29-20)14-7-4-3-5-8-14/h3-9,12,15-17,19-20H,2,10-11,13H2,1H3/t15-,16+,17+,19-,20+/m1/s1. The van der Waals surface area contributed by atoms with Crippen molar-refractivity contribution < 1.29 is 23.7 Å². The first-order chi connectivity index (χ1) is 14.1. The summed E-state index contributed by atoms with van der Waals surface area (Å²) in [5.74, 6) is -0.365. The molecule has 8 heteroatoms. The molecule has 1 saturated carbocycles. The van der Waals surface area contributed by atoms with Crippen molar-refractivity contribution in [1.29, 1.82) is 0 Å². The van der Waals surface area contributed by atoms with Crippen molar-refractivity contribution in [2.45, 2.75) is 37.8 Å². The van der Waals surface area contributed by atoms with Gasteiger partial charge in [0.2, 0.25) is 6.54 Å². The topological polar surface area (TPSA) is 95.0 Å². The Morgan fingerprint density at radius 1 is 1.28 bits per heavy atom. The molecule has 1 saturated heterocycles. The minimum Gasteiger partial charge on any atom is -0.469 e. The molecule has 0 amide bonds. The lowest BCUT2D eigenvalue weighted by atomic mass is 9.83. The van der Waals surface area contributed by atoms with Gasteiger partial charge < -0.3 is 9.15 Å². The quantitative estimate of drug-likeness (QED) is 0.399. The molecule has 1 aliphatic heterocycles. The number of fused-ring (bicyclic) bond motifs is 1. The molecule has 1 aromatic heterocycles. The van der Waals surface area contributed by atoms with Gasteiger partial charge in [0.1, 0.15) is 5.76 Å². The third kappa shape index (κ3) is 3.72. The fourth-order valence-electron chi connectivity index (χ4n) is 4.78. The van der Waals surface area contributed by atoms with Gasteiger partial charge in [0, 0.05) is 10.8 Å². The van der Waals surface area contributed by atoms with E-state index in [1.807, 2.05) is 30.3 Å². The second-order valence-electron chi connectivity index (χ2n) is 7.47. The van der Waals surface area contributed by atoms with Crippen LogP contribution < -0.4 is 5.06 Å². The van der Waals surface area contributed by atoms with Gasteiger partial charge in [-0.25, -0.2) is 9.86 Å². The van der Waals surface area contributed by atoms with Gasteiger partial charge in [-0.2, -0.15) is 0 Å². The summed E-state index contributed by atoms with van der Waals surface area (Å²) in [5, 5.41) is 13.2. The zero-order valence-corrected chi connectivity index (χ0v) is 16.2. The summed E-state index contributed by atoms with van der Waals surface area (Å²) in [6.07, 6.45) is 2.31. The molecule has 2 heterocycles. The van der Waals surface area contributed by atoms with Crippen LogP contribution in [0, 0.1) is 22.0 Å². The Bertz CT molecular complexity index is 840. The molecule has 0 N–H and O–H groups in total. The molecule has 1 aliphatic carbocycles. The zero-order valence-electron chi connectivity index (χ0n) is 16.2. The lowest BCUT2D eigenvalue weighted by Gasteiger charge is -2.31. The lowest BCUT2D eigenvalue weighted by molar-refractivity contribution is -0.485. The Morgan fingerprint density at radius 2 is 2.07 bits per heavy atom. The summed E-state index contributed by atoms with van der Waals surface area (Å²) in [4.78, 5) is 29.7. The van der Waals surface area contributed by atoms with Gasteiger partial charge in [-0.15, -0.1) is 0 Å². The van der Waals surface area contributed by atoms with Crippen LogP contribution in [0.1, 0.15) is 31.4 Å². The fraction of sp³-hybridized carbons (Fsp3) is 0.476. The number of nitro groups is 1. The SMILES string of the molecule is CCOC(=O)[C@H]1ON(c2ccccc2)[C@H]2[C@@H]1CC[C@@H]2[C@H](C[N+](=O)[O-])c1ccco1. The number of ether oxygens (including phenoxy) is 1. The van der Waals surface area contributed by atoms with Gasteiger partial charge in [-0.1, -0.05) is 18.2 Å². The molecule has 154 valence electrons. The maximum absolute atomic E-state index is 12.5. The van der Waals surface area contributed by atoms with E-state index in [2.05, 4.69) is 0 Å². The van der Waals surface area contributed by atoms with Gasteiger partial charge in [-0.05, 0) is 49.9 Å². The number of benzene rings is 1. The first kappa shape index (κ1) is 19.4. The molecule has 8 nitrogen and oxygen atoms in total. The smallest absolute Gasteiger partial charge is 0.338 e. The highest BCUT2D eigenvalue weighted by Crippen LogP contribution is 2.50. The first-order valence-corrected chi connectivity index (χ1v) is 9.93. The number of rotatable bonds is 7. The van der Waals surface area contributed by atoms with E-state index in [1.165, 1.54) is 6.26 Å². The van der Waals surface area contributed by atoms with Crippen LogP contribution in [-0.2, 0) is 14.4 Å². The van der Waals surface area contributed by atoms with Crippen molar-refractivity contribution in [2.24, 2.45) is 11.8 Å². The summed E-state index contributed by atoms with van der Waals surface area (Å²) in [6, 6.07) is 12.9. The first-order valence-electron chi connectivity index (χ1n) is 9.93. The number of nitrogens with zero attached hydrogens (tertiary/aromatic N) is 2. The number of furan rings is 1. The van der Waals surface area contributed by atoms with Crippen LogP contribution in [0.3, 0.4) is 0 Å². The van der Waals surface area contributed by atoms with Crippen molar-refractivity contribution >= 4 is 11.7 Å². The summed E-state index contributed by atoms with van der Waals surface area (Å²) < 4.78 is 10.8. The highest BCUT2D eigenvalue weighted by atomic mass is 16.7. The number of esters is 1. The van der Waals surface area contributed by atoms with Crippen LogP contribution in [-0.4, -0.2) is 36.2 Å². The maximum Gasteiger partial charge on any atom is 0.338 e. The van der Waals surface area contributed by atoms with Crippen molar-refractivity contribution in [2.75, 3.05) is 18.2 Å². The predicted molar refractivity (Wildman–Crippen MR) is 104 cm³/mol. The van der Waals surface area contributed by atoms with Crippen LogP contribution in [0.2, 0.25) is 0 Å². The Hall–Kier alpha value is -2.87. The molecule has 5 atom stereocenters. The molecule has 29 heavy (non-hydrogen) atoms. The van der Waals surface area contributed by atoms with Gasteiger partial charge >= 0.3 is 5.97 Å². The molecular formula is C21H24N2O6. The van der Waals surface area contributed by atoms with E-state index in [1.54, 1.807) is 24.1 Å². The molecule has 2 fully saturated rings. The number of para-hydroxylation sites is 1. The predicted octanol–water partition coefficient (Wildman–Crippen LogP) is 3.42. The molecule has 0 radical (unpaired) electrons. The van der Waals surface area contributed by atoms with Gasteiger partial charge in [-0.3, -0.25) is 15.0 Å². The number of carbonyl (C=O) groups is 1. The van der Waals surface area contributed by atoms with E-state index in [-0.39, 0.29) is 41.9 Å². The van der Waals surface area contributed by atoms with Gasteiger partial charge in [0.15, 0.2) is 6.10 Å². The summed E-state index contributed by atoms with van der Waals surface area (Å²) >= 11 is 0. The molecule has 4 rings (SSSR count). The fourth-order valence-corrected chi connectivity index (χ4v) is 4.78. The number of hydrogen-bond acceptors (Lipinski definition) is 7. The lowest BCUT2D eigenvalue weighted by Crippen LogP contribution is -2.39. The molecule has 2 aliphatic rings. The highest BCUT2D eigenvalue weighted by Gasteiger charge is 2.57. The average Bonchev–Trinajstić information content (AvgIpc) is 3.44. The van der Waals surface area contributed by atoms with E-state index < -0.39 is 12.0 Å². The van der Waals surface area contributed by atoms with E-state index in [9.17, 15) is 14.9 Å².